The van der Waals surface area contributed by atoms with Crippen LogP contribution in [-0.2, 0) is 0 Å². The first kappa shape index (κ1) is 11.3. The third-order valence-electron chi connectivity index (χ3n) is 2.91. The van der Waals surface area contributed by atoms with E-state index in [0.717, 1.165) is 31.0 Å². The second kappa shape index (κ2) is 4.34. The van der Waals surface area contributed by atoms with E-state index in [9.17, 15) is 0 Å². The lowest BCUT2D eigenvalue weighted by Gasteiger charge is -2.40. The maximum absolute atomic E-state index is 4.19. The fourth-order valence-electron chi connectivity index (χ4n) is 2.12. The Labute approximate surface area is 101 Å². The van der Waals surface area contributed by atoms with Crippen LogP contribution in [0.5, 0.6) is 0 Å². The second-order valence-electron chi connectivity index (χ2n) is 3.90. The van der Waals surface area contributed by atoms with Gasteiger partial charge < -0.3 is 9.80 Å². The lowest BCUT2D eigenvalue weighted by atomic mass is 10.1. The Balaban J connectivity index is 2.45. The van der Waals surface area contributed by atoms with Gasteiger partial charge in [-0.3, -0.25) is 0 Å². The van der Waals surface area contributed by atoms with Crippen LogP contribution in [0.3, 0.4) is 0 Å². The summed E-state index contributed by atoms with van der Waals surface area (Å²) in [5.41, 5.74) is 2.34. The number of hydrogen-bond acceptors (Lipinski definition) is 3. The van der Waals surface area contributed by atoms with Crippen LogP contribution in [-0.4, -0.2) is 18.0 Å². The summed E-state index contributed by atoms with van der Waals surface area (Å²) in [5, 5.41) is 3.42. The maximum Gasteiger partial charge on any atom is 0.106 e. The quantitative estimate of drug-likeness (QED) is 0.786. The zero-order valence-corrected chi connectivity index (χ0v) is 10.8. The second-order valence-corrected chi connectivity index (χ2v) is 4.79. The monoisotopic (exact) mass is 234 g/mol. The lowest BCUT2D eigenvalue weighted by molar-refractivity contribution is 0.486. The lowest BCUT2D eigenvalue weighted by Crippen LogP contribution is -2.37. The summed E-state index contributed by atoms with van der Waals surface area (Å²) in [7, 11) is 0. The van der Waals surface area contributed by atoms with E-state index >= 15 is 0 Å². The predicted octanol–water partition coefficient (Wildman–Crippen LogP) is 3.74. The summed E-state index contributed by atoms with van der Waals surface area (Å²) in [6, 6.07) is 2.15. The van der Waals surface area contributed by atoms with E-state index in [1.165, 1.54) is 10.6 Å². The van der Waals surface area contributed by atoms with E-state index < -0.39 is 0 Å². The molecule has 1 aromatic rings. The van der Waals surface area contributed by atoms with Gasteiger partial charge in [0.15, 0.2) is 0 Å². The topological polar surface area (TPSA) is 6.48 Å². The third kappa shape index (κ3) is 1.55. The first-order valence-corrected chi connectivity index (χ1v) is 6.59. The number of nitrogens with zero attached hydrogens (tertiary/aromatic N) is 2. The van der Waals surface area contributed by atoms with Crippen LogP contribution in [0.15, 0.2) is 30.4 Å². The molecule has 0 aromatic carbocycles. The molecule has 1 aliphatic rings. The fourth-order valence-corrected chi connectivity index (χ4v) is 3.09. The molecule has 2 nitrogen and oxygen atoms in total. The Morgan fingerprint density at radius 3 is 2.62 bits per heavy atom. The van der Waals surface area contributed by atoms with Crippen LogP contribution in [0.1, 0.15) is 25.8 Å². The minimum absolute atomic E-state index is 0.924. The molecule has 0 aliphatic carbocycles. The molecule has 16 heavy (non-hydrogen) atoms. The standard InChI is InChI=1S/C13H18N2S/c1-5-8-15-11(4)14(6-2)10(3)12-7-9-16-13(12)15/h7,9H,3-6,8H2,1-2H3. The Morgan fingerprint density at radius 1 is 1.25 bits per heavy atom. The van der Waals surface area contributed by atoms with Crippen LogP contribution < -0.4 is 4.90 Å². The smallest absolute Gasteiger partial charge is 0.106 e. The van der Waals surface area contributed by atoms with Gasteiger partial charge in [-0.25, -0.2) is 0 Å². The molecule has 0 radical (unpaired) electrons. The third-order valence-corrected chi connectivity index (χ3v) is 3.85. The van der Waals surface area contributed by atoms with Gasteiger partial charge >= 0.3 is 0 Å². The summed E-state index contributed by atoms with van der Waals surface area (Å²) in [6.07, 6.45) is 1.13. The Hall–Kier alpha value is -1.22. The van der Waals surface area contributed by atoms with E-state index in [2.05, 4.69) is 48.3 Å². The molecule has 0 unspecified atom stereocenters. The van der Waals surface area contributed by atoms with Gasteiger partial charge in [-0.05, 0) is 24.8 Å². The molecular formula is C13H18N2S. The van der Waals surface area contributed by atoms with Crippen LogP contribution >= 0.6 is 11.3 Å². The molecule has 0 fully saturated rings. The van der Waals surface area contributed by atoms with Gasteiger partial charge in [-0.1, -0.05) is 20.1 Å². The van der Waals surface area contributed by atoms with Crippen molar-refractivity contribution in [1.82, 2.24) is 4.90 Å². The molecule has 0 saturated carbocycles. The molecule has 2 rings (SSSR count). The molecule has 3 heteroatoms. The largest absolute Gasteiger partial charge is 0.328 e. The highest BCUT2D eigenvalue weighted by Gasteiger charge is 2.28. The summed E-state index contributed by atoms with van der Waals surface area (Å²) in [6.45, 7) is 14.6. The molecule has 0 bridgehead atoms. The zero-order chi connectivity index (χ0) is 11.7. The van der Waals surface area contributed by atoms with Gasteiger partial charge in [-0.15, -0.1) is 11.3 Å². The van der Waals surface area contributed by atoms with Crippen molar-refractivity contribution in [1.29, 1.82) is 0 Å². The van der Waals surface area contributed by atoms with Crippen molar-refractivity contribution in [3.63, 3.8) is 0 Å². The van der Waals surface area contributed by atoms with Gasteiger partial charge in [0.05, 0.1) is 0 Å². The van der Waals surface area contributed by atoms with Crippen molar-refractivity contribution in [3.05, 3.63) is 36.0 Å². The van der Waals surface area contributed by atoms with Gasteiger partial charge in [0, 0.05) is 24.4 Å². The zero-order valence-electron chi connectivity index (χ0n) is 9.99. The number of fused-ring (bicyclic) bond motifs is 1. The average molecular weight is 234 g/mol. The summed E-state index contributed by atoms with van der Waals surface area (Å²) < 4.78 is 0. The number of rotatable bonds is 3. The van der Waals surface area contributed by atoms with Crippen molar-refractivity contribution >= 4 is 22.0 Å². The predicted molar refractivity (Wildman–Crippen MR) is 72.5 cm³/mol. The van der Waals surface area contributed by atoms with E-state index in [1.807, 2.05) is 0 Å². The van der Waals surface area contributed by atoms with Crippen LogP contribution in [0.4, 0.5) is 5.00 Å². The van der Waals surface area contributed by atoms with Crippen molar-refractivity contribution in [3.8, 4) is 0 Å². The Kier molecular flexibility index (Phi) is 3.06. The minimum atomic E-state index is 0.924. The Bertz CT molecular complexity index is 419. The van der Waals surface area contributed by atoms with E-state index in [4.69, 9.17) is 0 Å². The van der Waals surface area contributed by atoms with Crippen LogP contribution in [0.25, 0.3) is 5.70 Å². The average Bonchev–Trinajstić information content (AvgIpc) is 2.74. The first-order chi connectivity index (χ1) is 7.70. The van der Waals surface area contributed by atoms with Crippen molar-refractivity contribution in [2.24, 2.45) is 0 Å². The first-order valence-electron chi connectivity index (χ1n) is 5.71. The summed E-state index contributed by atoms with van der Waals surface area (Å²) >= 11 is 1.77. The minimum Gasteiger partial charge on any atom is -0.328 e. The van der Waals surface area contributed by atoms with Crippen molar-refractivity contribution in [2.45, 2.75) is 20.3 Å². The molecule has 0 spiro atoms. The molecule has 86 valence electrons. The van der Waals surface area contributed by atoms with Crippen molar-refractivity contribution < 1.29 is 0 Å². The molecule has 0 amide bonds. The van der Waals surface area contributed by atoms with E-state index in [0.29, 0.717) is 0 Å². The maximum atomic E-state index is 4.19. The Morgan fingerprint density at radius 2 is 2.00 bits per heavy atom. The van der Waals surface area contributed by atoms with Crippen LogP contribution in [0, 0.1) is 0 Å². The molecule has 2 heterocycles. The van der Waals surface area contributed by atoms with Gasteiger partial charge in [0.1, 0.15) is 10.8 Å². The number of anilines is 1. The molecular weight excluding hydrogens is 216 g/mol. The SMILES string of the molecule is C=C1c2ccsc2N(CCC)C(=C)N1CC. The fraction of sp³-hybridized carbons (Fsp3) is 0.385. The normalized spacial score (nSPS) is 15.6. The van der Waals surface area contributed by atoms with Gasteiger partial charge in [-0.2, -0.15) is 0 Å². The molecule has 0 N–H and O–H groups in total. The summed E-state index contributed by atoms with van der Waals surface area (Å²) in [4.78, 5) is 4.49. The summed E-state index contributed by atoms with van der Waals surface area (Å²) in [5.74, 6) is 1.06. The molecule has 1 aromatic heterocycles. The highest BCUT2D eigenvalue weighted by atomic mass is 32.1. The van der Waals surface area contributed by atoms with E-state index in [1.54, 1.807) is 11.3 Å². The van der Waals surface area contributed by atoms with Crippen LogP contribution in [0.2, 0.25) is 0 Å². The highest BCUT2D eigenvalue weighted by Crippen LogP contribution is 2.41. The van der Waals surface area contributed by atoms with Gasteiger partial charge in [0.25, 0.3) is 0 Å². The number of thiophene rings is 1. The highest BCUT2D eigenvalue weighted by molar-refractivity contribution is 7.14. The molecule has 0 atom stereocenters. The molecule has 0 saturated heterocycles. The van der Waals surface area contributed by atoms with Crippen molar-refractivity contribution in [2.75, 3.05) is 18.0 Å². The van der Waals surface area contributed by atoms with E-state index in [-0.39, 0.29) is 0 Å². The van der Waals surface area contributed by atoms with Gasteiger partial charge in [0.2, 0.25) is 0 Å². The molecule has 1 aliphatic heterocycles. The number of hydrogen-bond donors (Lipinski definition) is 0.